The van der Waals surface area contributed by atoms with Crippen LogP contribution in [-0.4, -0.2) is 4.57 Å². The quantitative estimate of drug-likeness (QED) is 0.671. The van der Waals surface area contributed by atoms with E-state index < -0.39 is 11.9 Å². The van der Waals surface area contributed by atoms with Crippen molar-refractivity contribution in [2.45, 2.75) is 20.0 Å². The van der Waals surface area contributed by atoms with E-state index in [2.05, 4.69) is 15.9 Å². The Balaban J connectivity index is 2.96. The summed E-state index contributed by atoms with van der Waals surface area (Å²) in [6, 6.07) is 3.56. The molecule has 0 radical (unpaired) electrons. The van der Waals surface area contributed by atoms with Gasteiger partial charge in [-0.1, -0.05) is 12.1 Å². The Morgan fingerprint density at radius 1 is 1.18 bits per heavy atom. The zero-order chi connectivity index (χ0) is 13.0. The van der Waals surface area contributed by atoms with Crippen LogP contribution in [0.4, 0.5) is 13.2 Å². The highest BCUT2D eigenvalue weighted by Gasteiger charge is 2.38. The SMILES string of the molecule is Cc1ccc2c(Br)c(C(F)(F)F)n(C)c2c1C. The van der Waals surface area contributed by atoms with Crippen molar-refractivity contribution in [3.8, 4) is 0 Å². The third-order valence-electron chi connectivity index (χ3n) is 3.09. The fraction of sp³-hybridized carbons (Fsp3) is 0.333. The summed E-state index contributed by atoms with van der Waals surface area (Å²) in [6.45, 7) is 3.73. The van der Waals surface area contributed by atoms with Crippen molar-refractivity contribution < 1.29 is 13.2 Å². The number of fused-ring (bicyclic) bond motifs is 1. The number of rotatable bonds is 0. The highest BCUT2D eigenvalue weighted by molar-refractivity contribution is 9.10. The molecule has 1 aromatic carbocycles. The van der Waals surface area contributed by atoms with Crippen molar-refractivity contribution in [3.63, 3.8) is 0 Å². The fourth-order valence-electron chi connectivity index (χ4n) is 2.11. The van der Waals surface area contributed by atoms with E-state index in [0.717, 1.165) is 11.1 Å². The molecule has 0 aliphatic carbocycles. The molecule has 5 heteroatoms. The number of halogens is 4. The molecule has 0 aliphatic rings. The summed E-state index contributed by atoms with van der Waals surface area (Å²) in [5.41, 5.74) is 1.85. The van der Waals surface area contributed by atoms with E-state index in [9.17, 15) is 13.2 Å². The second-order valence-electron chi connectivity index (χ2n) is 4.12. The van der Waals surface area contributed by atoms with Gasteiger partial charge in [0.15, 0.2) is 0 Å². The molecule has 1 nitrogen and oxygen atoms in total. The predicted octanol–water partition coefficient (Wildman–Crippen LogP) is 4.58. The van der Waals surface area contributed by atoms with Crippen LogP contribution in [0.3, 0.4) is 0 Å². The summed E-state index contributed by atoms with van der Waals surface area (Å²) in [5.74, 6) is 0. The number of benzene rings is 1. The van der Waals surface area contributed by atoms with E-state index in [1.54, 1.807) is 6.07 Å². The molecule has 2 aromatic rings. The maximum absolute atomic E-state index is 12.9. The lowest BCUT2D eigenvalue weighted by Crippen LogP contribution is -2.11. The molecule has 0 bridgehead atoms. The molecule has 1 aromatic heterocycles. The van der Waals surface area contributed by atoms with Gasteiger partial charge in [-0.25, -0.2) is 0 Å². The van der Waals surface area contributed by atoms with Gasteiger partial charge in [0, 0.05) is 12.4 Å². The number of aryl methyl sites for hydroxylation is 3. The molecule has 0 N–H and O–H groups in total. The molecule has 17 heavy (non-hydrogen) atoms. The van der Waals surface area contributed by atoms with Crippen molar-refractivity contribution in [3.05, 3.63) is 33.4 Å². The molecule has 0 aliphatic heterocycles. The van der Waals surface area contributed by atoms with Crippen LogP contribution < -0.4 is 0 Å². The summed E-state index contributed by atoms with van der Waals surface area (Å²) in [6.07, 6.45) is -4.35. The number of hydrogen-bond donors (Lipinski definition) is 0. The fourth-order valence-corrected chi connectivity index (χ4v) is 2.92. The van der Waals surface area contributed by atoms with Gasteiger partial charge in [-0.05, 0) is 40.9 Å². The first kappa shape index (κ1) is 12.5. The lowest BCUT2D eigenvalue weighted by molar-refractivity contribution is -0.143. The maximum Gasteiger partial charge on any atom is 0.432 e. The molecule has 1 heterocycles. The summed E-state index contributed by atoms with van der Waals surface area (Å²) in [4.78, 5) is 0. The van der Waals surface area contributed by atoms with E-state index in [1.807, 2.05) is 19.9 Å². The van der Waals surface area contributed by atoms with Crippen LogP contribution in [0.2, 0.25) is 0 Å². The second-order valence-corrected chi connectivity index (χ2v) is 4.92. The summed E-state index contributed by atoms with van der Waals surface area (Å²) >= 11 is 3.06. The van der Waals surface area contributed by atoms with Gasteiger partial charge in [-0.2, -0.15) is 13.2 Å². The zero-order valence-electron chi connectivity index (χ0n) is 9.61. The van der Waals surface area contributed by atoms with Gasteiger partial charge in [0.2, 0.25) is 0 Å². The minimum Gasteiger partial charge on any atom is -0.339 e. The van der Waals surface area contributed by atoms with E-state index in [1.165, 1.54) is 11.6 Å². The minimum absolute atomic E-state index is 0.116. The van der Waals surface area contributed by atoms with E-state index >= 15 is 0 Å². The Bertz CT molecular complexity index is 596. The third kappa shape index (κ3) is 1.76. The van der Waals surface area contributed by atoms with Gasteiger partial charge in [0.1, 0.15) is 5.69 Å². The lowest BCUT2D eigenvalue weighted by Gasteiger charge is -2.10. The Morgan fingerprint density at radius 3 is 2.29 bits per heavy atom. The van der Waals surface area contributed by atoms with Gasteiger partial charge in [0.25, 0.3) is 0 Å². The van der Waals surface area contributed by atoms with Crippen molar-refractivity contribution in [1.29, 1.82) is 0 Å². The van der Waals surface area contributed by atoms with Crippen LogP contribution in [0.15, 0.2) is 16.6 Å². The Hall–Kier alpha value is -0.970. The first-order valence-corrected chi connectivity index (χ1v) is 5.85. The number of alkyl halides is 3. The molecule has 2 rings (SSSR count). The van der Waals surface area contributed by atoms with Crippen LogP contribution in [0, 0.1) is 13.8 Å². The van der Waals surface area contributed by atoms with Gasteiger partial charge in [-0.3, -0.25) is 0 Å². The first-order valence-electron chi connectivity index (χ1n) is 5.06. The van der Waals surface area contributed by atoms with Gasteiger partial charge in [0.05, 0.1) is 9.99 Å². The largest absolute Gasteiger partial charge is 0.432 e. The van der Waals surface area contributed by atoms with Gasteiger partial charge < -0.3 is 4.57 Å². The van der Waals surface area contributed by atoms with Crippen molar-refractivity contribution >= 4 is 26.8 Å². The molecular weight excluding hydrogens is 295 g/mol. The van der Waals surface area contributed by atoms with Crippen LogP contribution >= 0.6 is 15.9 Å². The van der Waals surface area contributed by atoms with E-state index in [-0.39, 0.29) is 4.47 Å². The number of hydrogen-bond acceptors (Lipinski definition) is 0. The zero-order valence-corrected chi connectivity index (χ0v) is 11.2. The molecule has 0 fully saturated rings. The topological polar surface area (TPSA) is 4.93 Å². The molecule has 0 unspecified atom stereocenters. The number of aromatic nitrogens is 1. The maximum atomic E-state index is 12.9. The van der Waals surface area contributed by atoms with Crippen LogP contribution in [-0.2, 0) is 13.2 Å². The number of nitrogens with zero attached hydrogens (tertiary/aromatic N) is 1. The Kier molecular flexibility index (Phi) is 2.77. The minimum atomic E-state index is -4.35. The second kappa shape index (κ2) is 3.77. The average molecular weight is 306 g/mol. The first-order chi connectivity index (χ1) is 7.75. The Morgan fingerprint density at radius 2 is 1.76 bits per heavy atom. The summed E-state index contributed by atoms with van der Waals surface area (Å²) in [7, 11) is 1.45. The van der Waals surface area contributed by atoms with Crippen LogP contribution in [0.1, 0.15) is 16.8 Å². The molecule has 0 spiro atoms. The molecule has 0 amide bonds. The van der Waals surface area contributed by atoms with E-state index in [0.29, 0.717) is 10.9 Å². The monoisotopic (exact) mass is 305 g/mol. The molecular formula is C12H11BrF3N. The van der Waals surface area contributed by atoms with Crippen molar-refractivity contribution in [2.24, 2.45) is 7.05 Å². The molecule has 0 saturated carbocycles. The average Bonchev–Trinajstić information content (AvgIpc) is 2.44. The van der Waals surface area contributed by atoms with Gasteiger partial charge in [-0.15, -0.1) is 0 Å². The smallest absolute Gasteiger partial charge is 0.339 e. The normalized spacial score (nSPS) is 12.4. The standard InChI is InChI=1S/C12H11BrF3N/c1-6-4-5-8-9(13)11(12(14,15)16)17(3)10(8)7(6)2/h4-5H,1-3H3. The molecule has 0 saturated heterocycles. The van der Waals surface area contributed by atoms with Crippen molar-refractivity contribution in [2.75, 3.05) is 0 Å². The third-order valence-corrected chi connectivity index (χ3v) is 3.89. The summed E-state index contributed by atoms with van der Waals surface area (Å²) < 4.78 is 40.1. The Labute approximate surface area is 105 Å². The van der Waals surface area contributed by atoms with Crippen molar-refractivity contribution in [1.82, 2.24) is 4.57 Å². The van der Waals surface area contributed by atoms with Gasteiger partial charge >= 0.3 is 6.18 Å². The predicted molar refractivity (Wildman–Crippen MR) is 65.1 cm³/mol. The highest BCUT2D eigenvalue weighted by Crippen LogP contribution is 2.41. The van der Waals surface area contributed by atoms with Crippen LogP contribution in [0.25, 0.3) is 10.9 Å². The molecule has 0 atom stereocenters. The van der Waals surface area contributed by atoms with Crippen LogP contribution in [0.5, 0.6) is 0 Å². The highest BCUT2D eigenvalue weighted by atomic mass is 79.9. The van der Waals surface area contributed by atoms with E-state index in [4.69, 9.17) is 0 Å². The summed E-state index contributed by atoms with van der Waals surface area (Å²) in [5, 5.41) is 0.600. The molecule has 92 valence electrons. The lowest BCUT2D eigenvalue weighted by atomic mass is 10.1.